The number of nitrogens with two attached hydrogens (primary N) is 1. The normalized spacial score (nSPS) is 12.4. The van der Waals surface area contributed by atoms with Gasteiger partial charge in [0, 0.05) is 11.7 Å². The third kappa shape index (κ3) is 4.69. The molecule has 0 aliphatic carbocycles. The number of carbonyl (C=O) groups excluding carboxylic acids is 1. The Hall–Kier alpha value is -0.310. The van der Waals surface area contributed by atoms with Crippen LogP contribution in [-0.4, -0.2) is 27.6 Å². The molecule has 0 aliphatic rings. The molecule has 0 bridgehead atoms. The summed E-state index contributed by atoms with van der Waals surface area (Å²) in [5.41, 5.74) is 2.12. The van der Waals surface area contributed by atoms with Crippen molar-refractivity contribution in [2.45, 2.75) is 33.7 Å². The molecule has 1 rings (SSSR count). The fourth-order valence-corrected chi connectivity index (χ4v) is 3.72. The minimum Gasteiger partial charge on any atom is -0.294 e. The van der Waals surface area contributed by atoms with E-state index in [9.17, 15) is 4.79 Å². The Balaban J connectivity index is 2.33. The second kappa shape index (κ2) is 7.10. The third-order valence-corrected chi connectivity index (χ3v) is 4.96. The van der Waals surface area contributed by atoms with Gasteiger partial charge in [-0.2, -0.15) is 0 Å². The van der Waals surface area contributed by atoms with Crippen LogP contribution < -0.4 is 11.3 Å². The summed E-state index contributed by atoms with van der Waals surface area (Å²) < 4.78 is 1.92. The molecule has 1 unspecified atom stereocenters. The first-order valence-corrected chi connectivity index (χ1v) is 7.61. The topological polar surface area (TPSA) is 80.9 Å². The molecule has 5 nitrogen and oxygen atoms in total. The maximum atomic E-state index is 10.9. The molecule has 1 aromatic heterocycles. The van der Waals surface area contributed by atoms with Crippen molar-refractivity contribution >= 4 is 40.8 Å². The van der Waals surface area contributed by atoms with E-state index >= 15 is 0 Å². The van der Waals surface area contributed by atoms with E-state index in [0.29, 0.717) is 11.7 Å². The Morgan fingerprint density at radius 1 is 1.56 bits per heavy atom. The molecule has 0 saturated heterocycles. The SMILES string of the molecule is CSc1nnc(SC(C)CCC(=O)NN)s1. The Kier molecular flexibility index (Phi) is 6.10. The standard InChI is InChI=1S/C8H14N4OS3/c1-5(3-4-6(13)10-9)15-8-12-11-7(14-2)16-8/h5H,3-4,9H2,1-2H3,(H,10,13). The number of amides is 1. The molecule has 0 saturated carbocycles. The Morgan fingerprint density at radius 3 is 2.81 bits per heavy atom. The number of nitrogens with one attached hydrogen (secondary N) is 1. The van der Waals surface area contributed by atoms with Gasteiger partial charge in [0.2, 0.25) is 5.91 Å². The van der Waals surface area contributed by atoms with Crippen LogP contribution in [0.15, 0.2) is 8.68 Å². The molecule has 90 valence electrons. The molecule has 0 radical (unpaired) electrons. The number of hydrazine groups is 1. The summed E-state index contributed by atoms with van der Waals surface area (Å²) in [5, 5.41) is 8.40. The Labute approximate surface area is 107 Å². The van der Waals surface area contributed by atoms with Crippen LogP contribution in [0.1, 0.15) is 19.8 Å². The van der Waals surface area contributed by atoms with Gasteiger partial charge in [-0.3, -0.25) is 10.2 Å². The summed E-state index contributed by atoms with van der Waals surface area (Å²) >= 11 is 4.81. The molecule has 0 fully saturated rings. The lowest BCUT2D eigenvalue weighted by Gasteiger charge is -2.07. The van der Waals surface area contributed by atoms with Crippen LogP contribution in [-0.2, 0) is 4.79 Å². The monoisotopic (exact) mass is 278 g/mol. The van der Waals surface area contributed by atoms with Crippen molar-refractivity contribution in [1.29, 1.82) is 0 Å². The van der Waals surface area contributed by atoms with Gasteiger partial charge in [0.15, 0.2) is 8.68 Å². The highest BCUT2D eigenvalue weighted by Crippen LogP contribution is 2.31. The van der Waals surface area contributed by atoms with Gasteiger partial charge in [0.25, 0.3) is 0 Å². The van der Waals surface area contributed by atoms with Crippen LogP contribution in [0.4, 0.5) is 0 Å². The van der Waals surface area contributed by atoms with E-state index < -0.39 is 0 Å². The quantitative estimate of drug-likeness (QED) is 0.355. The number of hydrogen-bond acceptors (Lipinski definition) is 7. The molecule has 1 heterocycles. The van der Waals surface area contributed by atoms with E-state index in [-0.39, 0.29) is 5.91 Å². The summed E-state index contributed by atoms with van der Waals surface area (Å²) in [4.78, 5) is 10.9. The van der Waals surface area contributed by atoms with Gasteiger partial charge in [0.05, 0.1) is 0 Å². The molecule has 16 heavy (non-hydrogen) atoms. The van der Waals surface area contributed by atoms with Crippen LogP contribution in [0.3, 0.4) is 0 Å². The number of nitrogens with zero attached hydrogens (tertiary/aromatic N) is 2. The van der Waals surface area contributed by atoms with Crippen molar-refractivity contribution in [2.24, 2.45) is 5.84 Å². The van der Waals surface area contributed by atoms with Crippen LogP contribution in [0, 0.1) is 0 Å². The second-order valence-corrected chi connectivity index (χ2v) is 6.79. The molecule has 1 atom stereocenters. The average molecular weight is 278 g/mol. The molecule has 1 aromatic rings. The predicted molar refractivity (Wildman–Crippen MR) is 68.6 cm³/mol. The summed E-state index contributed by atoms with van der Waals surface area (Å²) in [5.74, 6) is 4.87. The Morgan fingerprint density at radius 2 is 2.25 bits per heavy atom. The molecule has 0 aliphatic heterocycles. The van der Waals surface area contributed by atoms with Gasteiger partial charge in [-0.1, -0.05) is 41.8 Å². The van der Waals surface area contributed by atoms with Crippen molar-refractivity contribution in [1.82, 2.24) is 15.6 Å². The molecule has 8 heteroatoms. The molecule has 0 aromatic carbocycles. The molecule has 0 spiro atoms. The molecule has 3 N–H and O–H groups in total. The lowest BCUT2D eigenvalue weighted by molar-refractivity contribution is -0.121. The smallest absolute Gasteiger partial charge is 0.233 e. The van der Waals surface area contributed by atoms with Gasteiger partial charge in [-0.25, -0.2) is 5.84 Å². The van der Waals surface area contributed by atoms with Gasteiger partial charge < -0.3 is 0 Å². The molecule has 1 amide bonds. The number of aromatic nitrogens is 2. The van der Waals surface area contributed by atoms with Crippen molar-refractivity contribution in [2.75, 3.05) is 6.26 Å². The van der Waals surface area contributed by atoms with Crippen LogP contribution in [0.5, 0.6) is 0 Å². The minimum atomic E-state index is -0.130. The highest BCUT2D eigenvalue weighted by molar-refractivity contribution is 8.03. The largest absolute Gasteiger partial charge is 0.294 e. The van der Waals surface area contributed by atoms with Crippen molar-refractivity contribution in [3.05, 3.63) is 0 Å². The zero-order chi connectivity index (χ0) is 12.0. The average Bonchev–Trinajstić information content (AvgIpc) is 2.73. The van der Waals surface area contributed by atoms with Crippen LogP contribution in [0.2, 0.25) is 0 Å². The van der Waals surface area contributed by atoms with Gasteiger partial charge in [-0.15, -0.1) is 10.2 Å². The molecular weight excluding hydrogens is 264 g/mol. The summed E-state index contributed by atoms with van der Waals surface area (Å²) in [7, 11) is 0. The fourth-order valence-electron chi connectivity index (χ4n) is 0.965. The van der Waals surface area contributed by atoms with E-state index in [1.807, 2.05) is 6.26 Å². The van der Waals surface area contributed by atoms with E-state index in [1.165, 1.54) is 0 Å². The number of hydrogen-bond donors (Lipinski definition) is 2. The highest BCUT2D eigenvalue weighted by atomic mass is 32.2. The summed E-state index contributed by atoms with van der Waals surface area (Å²) in [6.07, 6.45) is 3.20. The van der Waals surface area contributed by atoms with Crippen LogP contribution >= 0.6 is 34.9 Å². The van der Waals surface area contributed by atoms with E-state index in [2.05, 4.69) is 22.5 Å². The lowest BCUT2D eigenvalue weighted by atomic mass is 10.2. The predicted octanol–water partition coefficient (Wildman–Crippen LogP) is 1.51. The maximum Gasteiger partial charge on any atom is 0.233 e. The lowest BCUT2D eigenvalue weighted by Crippen LogP contribution is -2.30. The van der Waals surface area contributed by atoms with Crippen LogP contribution in [0.25, 0.3) is 0 Å². The second-order valence-electron chi connectivity index (χ2n) is 3.07. The zero-order valence-corrected chi connectivity index (χ0v) is 11.5. The maximum absolute atomic E-state index is 10.9. The van der Waals surface area contributed by atoms with Gasteiger partial charge >= 0.3 is 0 Å². The minimum absolute atomic E-state index is 0.130. The number of thioether (sulfide) groups is 2. The van der Waals surface area contributed by atoms with E-state index in [0.717, 1.165) is 15.1 Å². The van der Waals surface area contributed by atoms with Gasteiger partial charge in [0.1, 0.15) is 0 Å². The van der Waals surface area contributed by atoms with E-state index in [1.54, 1.807) is 34.9 Å². The molecular formula is C8H14N4OS3. The summed E-state index contributed by atoms with van der Waals surface area (Å²) in [6.45, 7) is 2.06. The summed E-state index contributed by atoms with van der Waals surface area (Å²) in [6, 6.07) is 0. The number of rotatable bonds is 6. The van der Waals surface area contributed by atoms with Crippen molar-refractivity contribution in [3.8, 4) is 0 Å². The first-order valence-electron chi connectivity index (χ1n) is 4.69. The first-order chi connectivity index (χ1) is 7.65. The van der Waals surface area contributed by atoms with E-state index in [4.69, 9.17) is 5.84 Å². The zero-order valence-electron chi connectivity index (χ0n) is 9.10. The first kappa shape index (κ1) is 13.8. The fraction of sp³-hybridized carbons (Fsp3) is 0.625. The Bertz CT molecular complexity index is 344. The van der Waals surface area contributed by atoms with Gasteiger partial charge in [-0.05, 0) is 12.7 Å². The third-order valence-electron chi connectivity index (χ3n) is 1.80. The number of carbonyl (C=O) groups is 1. The highest BCUT2D eigenvalue weighted by Gasteiger charge is 2.11. The van der Waals surface area contributed by atoms with Crippen molar-refractivity contribution < 1.29 is 4.79 Å². The van der Waals surface area contributed by atoms with Crippen molar-refractivity contribution in [3.63, 3.8) is 0 Å².